The first-order valence-electron chi connectivity index (χ1n) is 8.73. The average molecular weight is 357 g/mol. The third kappa shape index (κ3) is 3.22. The lowest BCUT2D eigenvalue weighted by molar-refractivity contribution is 0.241. The van der Waals surface area contributed by atoms with Gasteiger partial charge in [0.25, 0.3) is 5.56 Å². The lowest BCUT2D eigenvalue weighted by Gasteiger charge is -2.27. The molecular formula is C19H21ClN4O. The van der Waals surface area contributed by atoms with Gasteiger partial charge < -0.3 is 9.97 Å². The van der Waals surface area contributed by atoms with Crippen LogP contribution in [0.25, 0.3) is 10.9 Å². The lowest BCUT2D eigenvalue weighted by Crippen LogP contribution is -2.35. The van der Waals surface area contributed by atoms with E-state index in [1.807, 2.05) is 24.4 Å². The van der Waals surface area contributed by atoms with Crippen LogP contribution in [0.4, 0.5) is 0 Å². The molecular weight excluding hydrogens is 336 g/mol. The maximum absolute atomic E-state index is 12.3. The Kier molecular flexibility index (Phi) is 4.36. The molecule has 6 heteroatoms. The number of nitrogens with one attached hydrogen (secondary N) is 2. The Morgan fingerprint density at radius 3 is 3.08 bits per heavy atom. The Balaban J connectivity index is 1.59. The topological polar surface area (TPSA) is 64.8 Å². The molecule has 1 aliphatic rings. The first-order valence-corrected chi connectivity index (χ1v) is 9.10. The fourth-order valence-corrected chi connectivity index (χ4v) is 3.73. The van der Waals surface area contributed by atoms with Crippen LogP contribution >= 0.6 is 11.6 Å². The highest BCUT2D eigenvalue weighted by molar-refractivity contribution is 6.31. The van der Waals surface area contributed by atoms with Crippen LogP contribution in [0.2, 0.25) is 5.02 Å². The summed E-state index contributed by atoms with van der Waals surface area (Å²) in [6, 6.07) is 5.90. The first kappa shape index (κ1) is 16.4. The Bertz CT molecular complexity index is 975. The highest BCUT2D eigenvalue weighted by Gasteiger charge is 2.21. The summed E-state index contributed by atoms with van der Waals surface area (Å²) >= 11 is 6.15. The number of hydrogen-bond donors (Lipinski definition) is 2. The molecule has 0 atom stereocenters. The van der Waals surface area contributed by atoms with E-state index in [-0.39, 0.29) is 5.56 Å². The molecule has 4 rings (SSSR count). The summed E-state index contributed by atoms with van der Waals surface area (Å²) in [5, 5.41) is 1.90. The molecule has 3 aromatic rings. The van der Waals surface area contributed by atoms with Gasteiger partial charge in [-0.2, -0.15) is 0 Å². The maximum Gasteiger partial charge on any atom is 0.254 e. The van der Waals surface area contributed by atoms with Crippen LogP contribution in [0.1, 0.15) is 36.0 Å². The second-order valence-electron chi connectivity index (χ2n) is 6.65. The van der Waals surface area contributed by atoms with Crippen molar-refractivity contribution < 1.29 is 0 Å². The first-order chi connectivity index (χ1) is 12.1. The van der Waals surface area contributed by atoms with Crippen LogP contribution in [0.15, 0.2) is 29.2 Å². The molecule has 2 N–H and O–H groups in total. The Hall–Kier alpha value is -2.11. The second kappa shape index (κ2) is 6.65. The van der Waals surface area contributed by atoms with Gasteiger partial charge in [0.05, 0.1) is 5.69 Å². The van der Waals surface area contributed by atoms with Gasteiger partial charge in [-0.25, -0.2) is 4.98 Å². The van der Waals surface area contributed by atoms with Crippen molar-refractivity contribution in [3.63, 3.8) is 0 Å². The monoisotopic (exact) mass is 356 g/mol. The normalized spacial score (nSPS) is 14.8. The predicted molar refractivity (Wildman–Crippen MR) is 100.0 cm³/mol. The summed E-state index contributed by atoms with van der Waals surface area (Å²) in [5.41, 5.74) is 4.12. The molecule has 3 heterocycles. The molecule has 0 unspecified atom stereocenters. The average Bonchev–Trinajstić information content (AvgIpc) is 2.97. The van der Waals surface area contributed by atoms with Crippen molar-refractivity contribution in [3.05, 3.63) is 62.4 Å². The van der Waals surface area contributed by atoms with Crippen molar-refractivity contribution in [1.29, 1.82) is 0 Å². The van der Waals surface area contributed by atoms with E-state index in [0.717, 1.165) is 65.4 Å². The van der Waals surface area contributed by atoms with E-state index in [0.29, 0.717) is 6.54 Å². The fraction of sp³-hybridized carbons (Fsp3) is 0.368. The molecule has 25 heavy (non-hydrogen) atoms. The van der Waals surface area contributed by atoms with Crippen molar-refractivity contribution in [2.75, 3.05) is 6.54 Å². The number of aromatic amines is 2. The van der Waals surface area contributed by atoms with Gasteiger partial charge in [0.15, 0.2) is 0 Å². The van der Waals surface area contributed by atoms with Gasteiger partial charge in [-0.15, -0.1) is 0 Å². The number of nitrogens with zero attached hydrogens (tertiary/aromatic N) is 2. The summed E-state index contributed by atoms with van der Waals surface area (Å²) in [7, 11) is 0. The molecule has 0 saturated heterocycles. The van der Waals surface area contributed by atoms with E-state index in [2.05, 4.69) is 21.8 Å². The molecule has 130 valence electrons. The molecule has 1 aliphatic heterocycles. The number of benzene rings is 1. The number of aryl methyl sites for hydroxylation is 1. The summed E-state index contributed by atoms with van der Waals surface area (Å²) in [4.78, 5) is 25.5. The van der Waals surface area contributed by atoms with Crippen LogP contribution in [0.5, 0.6) is 0 Å². The molecule has 0 amide bonds. The maximum atomic E-state index is 12.3. The number of hydrogen-bond acceptors (Lipinski definition) is 3. The molecule has 0 spiro atoms. The molecule has 0 fully saturated rings. The van der Waals surface area contributed by atoms with E-state index < -0.39 is 0 Å². The van der Waals surface area contributed by atoms with E-state index in [4.69, 9.17) is 16.6 Å². The molecule has 1 aromatic carbocycles. The van der Waals surface area contributed by atoms with Gasteiger partial charge in [0.2, 0.25) is 0 Å². The van der Waals surface area contributed by atoms with E-state index in [1.54, 1.807) is 0 Å². The quantitative estimate of drug-likeness (QED) is 0.752. The highest BCUT2D eigenvalue weighted by atomic mass is 35.5. The van der Waals surface area contributed by atoms with Gasteiger partial charge in [-0.3, -0.25) is 9.69 Å². The second-order valence-corrected chi connectivity index (χ2v) is 7.09. The molecule has 2 aromatic heterocycles. The fourth-order valence-electron chi connectivity index (χ4n) is 3.56. The van der Waals surface area contributed by atoms with Gasteiger partial charge in [-0.05, 0) is 36.6 Å². The van der Waals surface area contributed by atoms with Gasteiger partial charge in [0, 0.05) is 53.7 Å². The Labute approximate surface area is 151 Å². The highest BCUT2D eigenvalue weighted by Crippen LogP contribution is 2.25. The SMILES string of the molecule is CCCc1nc2c(c(=O)[nH]1)CCN(Cc1c[nH]c3ccc(Cl)cc13)C2. The van der Waals surface area contributed by atoms with Gasteiger partial charge >= 0.3 is 0 Å². The standard InChI is InChI=1S/C19H21ClN4O/c1-2-3-18-22-17-11-24(7-6-14(17)19(25)23-18)10-12-9-21-16-5-4-13(20)8-15(12)16/h4-5,8-9,21H,2-3,6-7,10-11H2,1H3,(H,22,23,25). The number of halogens is 1. The zero-order valence-corrected chi connectivity index (χ0v) is 15.0. The van der Waals surface area contributed by atoms with Crippen molar-refractivity contribution in [3.8, 4) is 0 Å². The lowest BCUT2D eigenvalue weighted by atomic mass is 10.1. The van der Waals surface area contributed by atoms with Gasteiger partial charge in [-0.1, -0.05) is 18.5 Å². The minimum atomic E-state index is 0.0342. The number of H-pyrrole nitrogens is 2. The zero-order valence-electron chi connectivity index (χ0n) is 14.2. The van der Waals surface area contributed by atoms with E-state index >= 15 is 0 Å². The minimum Gasteiger partial charge on any atom is -0.361 e. The molecule has 0 saturated carbocycles. The largest absolute Gasteiger partial charge is 0.361 e. The summed E-state index contributed by atoms with van der Waals surface area (Å²) in [6.45, 7) is 4.48. The van der Waals surface area contributed by atoms with E-state index in [9.17, 15) is 4.79 Å². The van der Waals surface area contributed by atoms with Crippen molar-refractivity contribution in [2.24, 2.45) is 0 Å². The Morgan fingerprint density at radius 1 is 1.36 bits per heavy atom. The van der Waals surface area contributed by atoms with Gasteiger partial charge in [0.1, 0.15) is 5.82 Å². The number of aromatic nitrogens is 3. The Morgan fingerprint density at radius 2 is 2.24 bits per heavy atom. The van der Waals surface area contributed by atoms with Crippen molar-refractivity contribution in [2.45, 2.75) is 39.3 Å². The zero-order chi connectivity index (χ0) is 17.4. The summed E-state index contributed by atoms with van der Waals surface area (Å²) in [5.74, 6) is 0.798. The smallest absolute Gasteiger partial charge is 0.254 e. The minimum absolute atomic E-state index is 0.0342. The summed E-state index contributed by atoms with van der Waals surface area (Å²) < 4.78 is 0. The van der Waals surface area contributed by atoms with Crippen molar-refractivity contribution >= 4 is 22.5 Å². The molecule has 0 bridgehead atoms. The molecule has 0 radical (unpaired) electrons. The van der Waals surface area contributed by atoms with Crippen LogP contribution in [-0.2, 0) is 25.9 Å². The van der Waals surface area contributed by atoms with Crippen LogP contribution < -0.4 is 5.56 Å². The number of fused-ring (bicyclic) bond motifs is 2. The number of rotatable bonds is 4. The molecule has 5 nitrogen and oxygen atoms in total. The van der Waals surface area contributed by atoms with Crippen LogP contribution in [-0.4, -0.2) is 26.4 Å². The van der Waals surface area contributed by atoms with Crippen LogP contribution in [0, 0.1) is 0 Å². The van der Waals surface area contributed by atoms with Crippen molar-refractivity contribution in [1.82, 2.24) is 19.9 Å². The summed E-state index contributed by atoms with van der Waals surface area (Å²) in [6.07, 6.45) is 4.57. The third-order valence-corrected chi connectivity index (χ3v) is 5.05. The third-order valence-electron chi connectivity index (χ3n) is 4.81. The van der Waals surface area contributed by atoms with Crippen LogP contribution in [0.3, 0.4) is 0 Å². The van der Waals surface area contributed by atoms with E-state index in [1.165, 1.54) is 5.56 Å². The predicted octanol–water partition coefficient (Wildman–Crippen LogP) is 3.42. The molecule has 0 aliphatic carbocycles.